The van der Waals surface area contributed by atoms with Crippen molar-refractivity contribution in [1.29, 1.82) is 0 Å². The molecule has 2 aliphatic rings. The topological polar surface area (TPSA) is 104 Å². The van der Waals surface area contributed by atoms with Crippen molar-refractivity contribution < 1.29 is 23.9 Å². The molecule has 10 heteroatoms. The quantitative estimate of drug-likeness (QED) is 0.292. The number of methoxy groups -OCH3 is 2. The molecule has 0 amide bonds. The maximum absolute atomic E-state index is 13.0. The molecular weight excluding hydrogens is 450 g/mol. The molecule has 1 aromatic heterocycles. The van der Waals surface area contributed by atoms with Crippen molar-refractivity contribution in [2.45, 2.75) is 13.0 Å². The molecule has 0 radical (unpaired) electrons. The van der Waals surface area contributed by atoms with Crippen LogP contribution in [0.1, 0.15) is 38.5 Å². The number of hydrogen-bond donors (Lipinski definition) is 0. The molecule has 1 fully saturated rings. The van der Waals surface area contributed by atoms with Gasteiger partial charge < -0.3 is 19.6 Å². The van der Waals surface area contributed by atoms with Gasteiger partial charge >= 0.3 is 0 Å². The van der Waals surface area contributed by atoms with Crippen molar-refractivity contribution in [2.24, 2.45) is 0 Å². The molecule has 35 heavy (non-hydrogen) atoms. The van der Waals surface area contributed by atoms with E-state index in [2.05, 4.69) is 15.0 Å². The molecule has 1 aliphatic heterocycles. The molecule has 182 valence electrons. The largest absolute Gasteiger partial charge is 0.691 e. The van der Waals surface area contributed by atoms with Gasteiger partial charge in [-0.05, 0) is 12.1 Å². The lowest BCUT2D eigenvalue weighted by atomic mass is 9.90. The molecule has 10 nitrogen and oxygen atoms in total. The molecule has 0 atom stereocenters. The van der Waals surface area contributed by atoms with Gasteiger partial charge in [-0.2, -0.15) is 0 Å². The predicted octanol–water partition coefficient (Wildman–Crippen LogP) is 1.52. The van der Waals surface area contributed by atoms with Gasteiger partial charge in [0, 0.05) is 56.3 Å². The molecule has 0 spiro atoms. The zero-order chi connectivity index (χ0) is 24.5. The standard InChI is InChI=1S/C25H27N5O5/c1-34-17-8-9-20(21(16-17)35-2)28-14-12-27(13-15-28)10-5-11-29-22-23(30(33)26-29)25(32)19-7-4-3-6-18(19)24(22)31/h3-4,6-9,16H,5,10-15H2,1-2H3. The van der Waals surface area contributed by atoms with Crippen molar-refractivity contribution in [3.8, 4) is 11.5 Å². The van der Waals surface area contributed by atoms with E-state index < -0.39 is 5.78 Å². The Hall–Kier alpha value is -3.92. The zero-order valence-electron chi connectivity index (χ0n) is 19.8. The van der Waals surface area contributed by atoms with Crippen LogP contribution in [-0.2, 0) is 6.54 Å². The first-order valence-corrected chi connectivity index (χ1v) is 11.6. The maximum atomic E-state index is 13.0. The van der Waals surface area contributed by atoms with E-state index >= 15 is 0 Å². The van der Waals surface area contributed by atoms with Crippen molar-refractivity contribution in [2.75, 3.05) is 51.8 Å². The first kappa shape index (κ1) is 22.9. The third-order valence-electron chi connectivity index (χ3n) is 6.65. The summed E-state index contributed by atoms with van der Waals surface area (Å²) in [7, 11) is 3.29. The first-order valence-electron chi connectivity index (χ1n) is 11.6. The van der Waals surface area contributed by atoms with Crippen LogP contribution < -0.4 is 19.2 Å². The second-order valence-corrected chi connectivity index (χ2v) is 8.61. The molecule has 1 saturated heterocycles. The van der Waals surface area contributed by atoms with Gasteiger partial charge in [-0.1, -0.05) is 24.3 Å². The van der Waals surface area contributed by atoms with Crippen molar-refractivity contribution >= 4 is 17.3 Å². The summed E-state index contributed by atoms with van der Waals surface area (Å²) in [6.07, 6.45) is 0.698. The summed E-state index contributed by atoms with van der Waals surface area (Å²) >= 11 is 0. The maximum Gasteiger partial charge on any atom is 0.254 e. The van der Waals surface area contributed by atoms with Crippen LogP contribution in [0.4, 0.5) is 5.69 Å². The predicted molar refractivity (Wildman–Crippen MR) is 127 cm³/mol. The van der Waals surface area contributed by atoms with Gasteiger partial charge in [-0.15, -0.1) is 9.53 Å². The Morgan fingerprint density at radius 1 is 0.943 bits per heavy atom. The molecule has 1 aliphatic carbocycles. The number of fused-ring (bicyclic) bond motifs is 2. The number of rotatable bonds is 7. The summed E-state index contributed by atoms with van der Waals surface area (Å²) in [5, 5.41) is 16.3. The Labute approximate surface area is 202 Å². The molecule has 2 aromatic carbocycles. The number of piperazine rings is 1. The Morgan fingerprint density at radius 3 is 2.34 bits per heavy atom. The Morgan fingerprint density at radius 2 is 1.66 bits per heavy atom. The lowest BCUT2D eigenvalue weighted by Gasteiger charge is -2.36. The highest BCUT2D eigenvalue weighted by Crippen LogP contribution is 2.32. The van der Waals surface area contributed by atoms with E-state index in [0.29, 0.717) is 18.5 Å². The van der Waals surface area contributed by atoms with E-state index in [0.717, 1.165) is 49.9 Å². The summed E-state index contributed by atoms with van der Waals surface area (Å²) in [5.74, 6) is 0.752. The molecule has 0 bridgehead atoms. The molecule has 2 heterocycles. The lowest BCUT2D eigenvalue weighted by Crippen LogP contribution is -2.46. The Kier molecular flexibility index (Phi) is 6.12. The van der Waals surface area contributed by atoms with Crippen LogP contribution in [0.25, 0.3) is 0 Å². The fourth-order valence-corrected chi connectivity index (χ4v) is 4.81. The SMILES string of the molecule is COc1ccc(N2CCN(CCCn3n[n+]([O-])c4c3C(=O)c3ccccc3C4=O)CC2)c(OC)c1. The summed E-state index contributed by atoms with van der Waals surface area (Å²) in [4.78, 5) is 30.7. The summed E-state index contributed by atoms with van der Waals surface area (Å²) in [6, 6.07) is 12.4. The summed E-state index contributed by atoms with van der Waals surface area (Å²) in [6.45, 7) is 4.62. The van der Waals surface area contributed by atoms with Crippen LogP contribution in [0.2, 0.25) is 0 Å². The molecule has 3 aromatic rings. The number of anilines is 1. The van der Waals surface area contributed by atoms with Gasteiger partial charge in [-0.25, -0.2) is 0 Å². The third kappa shape index (κ3) is 4.10. The van der Waals surface area contributed by atoms with Crippen LogP contribution in [0.5, 0.6) is 11.5 Å². The minimum atomic E-state index is -0.457. The number of aromatic nitrogens is 3. The van der Waals surface area contributed by atoms with Crippen LogP contribution in [0.15, 0.2) is 42.5 Å². The van der Waals surface area contributed by atoms with E-state index in [1.54, 1.807) is 38.5 Å². The van der Waals surface area contributed by atoms with Crippen LogP contribution in [-0.4, -0.2) is 73.3 Å². The third-order valence-corrected chi connectivity index (χ3v) is 6.65. The van der Waals surface area contributed by atoms with Gasteiger partial charge in [0.2, 0.25) is 11.6 Å². The second-order valence-electron chi connectivity index (χ2n) is 8.61. The number of carbonyl (C=O) groups is 2. The average Bonchev–Trinajstić information content (AvgIpc) is 3.23. The number of carbonyl (C=O) groups excluding carboxylic acids is 2. The van der Waals surface area contributed by atoms with E-state index in [4.69, 9.17) is 9.47 Å². The molecule has 5 rings (SSSR count). The molecular formula is C25H27N5O5. The number of hydrogen-bond acceptors (Lipinski definition) is 8. The highest BCUT2D eigenvalue weighted by molar-refractivity contribution is 6.26. The number of ketones is 2. The van der Waals surface area contributed by atoms with Gasteiger partial charge in [0.1, 0.15) is 18.0 Å². The smallest absolute Gasteiger partial charge is 0.254 e. The van der Waals surface area contributed by atoms with Gasteiger partial charge in [-0.3, -0.25) is 14.5 Å². The lowest BCUT2D eigenvalue weighted by molar-refractivity contribution is -0.672. The second kappa shape index (κ2) is 9.38. The first-order chi connectivity index (χ1) is 17.0. The van der Waals surface area contributed by atoms with Crippen LogP contribution in [0.3, 0.4) is 0 Å². The van der Waals surface area contributed by atoms with Crippen LogP contribution >= 0.6 is 0 Å². The Balaban J connectivity index is 1.20. The summed E-state index contributed by atoms with van der Waals surface area (Å²) in [5.41, 5.74) is 1.51. The normalized spacial score (nSPS) is 15.7. The number of aryl methyl sites for hydroxylation is 1. The minimum absolute atomic E-state index is 0.0834. The average molecular weight is 478 g/mol. The molecule has 0 saturated carbocycles. The van der Waals surface area contributed by atoms with E-state index in [1.165, 1.54) is 4.68 Å². The van der Waals surface area contributed by atoms with Crippen molar-refractivity contribution in [1.82, 2.24) is 14.8 Å². The van der Waals surface area contributed by atoms with Crippen molar-refractivity contribution in [3.63, 3.8) is 0 Å². The van der Waals surface area contributed by atoms with Crippen molar-refractivity contribution in [3.05, 3.63) is 70.2 Å². The fraction of sp³-hybridized carbons (Fsp3) is 0.360. The highest BCUT2D eigenvalue weighted by Gasteiger charge is 2.41. The summed E-state index contributed by atoms with van der Waals surface area (Å²) < 4.78 is 12.2. The van der Waals surface area contributed by atoms with Crippen LogP contribution in [0, 0.1) is 5.21 Å². The minimum Gasteiger partial charge on any atom is -0.691 e. The highest BCUT2D eigenvalue weighted by atomic mass is 16.5. The zero-order valence-corrected chi connectivity index (χ0v) is 19.8. The van der Waals surface area contributed by atoms with E-state index in [-0.39, 0.29) is 27.6 Å². The van der Waals surface area contributed by atoms with E-state index in [9.17, 15) is 14.8 Å². The Bertz CT molecular complexity index is 1280. The van der Waals surface area contributed by atoms with Gasteiger partial charge in [0.25, 0.3) is 11.4 Å². The molecule has 0 unspecified atom stereocenters. The number of ether oxygens (including phenoxy) is 2. The fourth-order valence-electron chi connectivity index (χ4n) is 4.81. The monoisotopic (exact) mass is 477 g/mol. The van der Waals surface area contributed by atoms with Gasteiger partial charge in [0.15, 0.2) is 0 Å². The van der Waals surface area contributed by atoms with E-state index in [1.807, 2.05) is 18.2 Å². The number of nitrogens with zero attached hydrogens (tertiary/aromatic N) is 5. The molecule has 0 N–H and O–H groups in total. The van der Waals surface area contributed by atoms with Gasteiger partial charge in [0.05, 0.1) is 25.1 Å². The number of benzene rings is 2.